The van der Waals surface area contributed by atoms with Crippen LogP contribution in [0.4, 0.5) is 0 Å². The van der Waals surface area contributed by atoms with Crippen LogP contribution >= 0.6 is 15.6 Å². The summed E-state index contributed by atoms with van der Waals surface area (Å²) in [5, 5.41) is 10.6. The van der Waals surface area contributed by atoms with Crippen LogP contribution in [-0.4, -0.2) is 96.7 Å². The van der Waals surface area contributed by atoms with Crippen molar-refractivity contribution >= 4 is 39.5 Å². The fraction of sp³-hybridized carbons (Fsp3) is 0.947. The average Bonchev–Trinajstić information content (AvgIpc) is 1.62. The second-order valence-corrected chi connectivity index (χ2v) is 32.0. The zero-order chi connectivity index (χ0) is 70.3. The van der Waals surface area contributed by atoms with Crippen LogP contribution in [0.15, 0.2) is 0 Å². The van der Waals surface area contributed by atoms with Gasteiger partial charge in [-0.1, -0.05) is 331 Å². The molecular formula is C76H148O17P2. The molecule has 0 radical (unpaired) electrons. The van der Waals surface area contributed by atoms with Crippen molar-refractivity contribution in [2.24, 2.45) is 23.7 Å². The van der Waals surface area contributed by atoms with E-state index in [1.54, 1.807) is 0 Å². The maximum absolute atomic E-state index is 13.1. The van der Waals surface area contributed by atoms with E-state index >= 15 is 0 Å². The van der Waals surface area contributed by atoms with Gasteiger partial charge in [0.15, 0.2) is 12.2 Å². The minimum absolute atomic E-state index is 0.105. The molecule has 0 amide bonds. The standard InChI is InChI=1S/C76H148O17P2/c1-9-69(8)55-47-39-30-24-18-12-10-11-13-19-26-32-42-50-58-75(80)92-71(62-86-73(78)56-48-40-31-25-20-14-16-22-28-36-44-52-66(2)3)64-90-94(82,83)88-60-70(77)61-89-95(84,85)91-65-72(63-87-74(79)57-49-41-35-34-38-46-54-68(6)7)93-76(81)59-51-43-33-27-21-15-17-23-29-37-45-53-67(4)5/h66-72,77H,9-65H2,1-8H3,(H,82,83)(H,84,85)/t69?,70-,71-,72-/m1/s1. The van der Waals surface area contributed by atoms with E-state index in [2.05, 4.69) is 55.4 Å². The van der Waals surface area contributed by atoms with Crippen LogP contribution in [0.5, 0.6) is 0 Å². The third kappa shape index (κ3) is 69.0. The molecular weight excluding hydrogens is 1250 g/mol. The minimum atomic E-state index is -4.96. The molecule has 95 heavy (non-hydrogen) atoms. The zero-order valence-corrected chi connectivity index (χ0v) is 64.1. The van der Waals surface area contributed by atoms with Crippen LogP contribution in [-0.2, 0) is 65.4 Å². The number of hydrogen-bond acceptors (Lipinski definition) is 15. The Morgan fingerprint density at radius 1 is 0.295 bits per heavy atom. The first-order valence-electron chi connectivity index (χ1n) is 39.2. The molecule has 0 aliphatic carbocycles. The summed E-state index contributed by atoms with van der Waals surface area (Å²) in [6.07, 6.45) is 50.0. The number of phosphoric ester groups is 2. The van der Waals surface area contributed by atoms with Crippen LogP contribution in [0, 0.1) is 23.7 Å². The Kier molecular flexibility index (Phi) is 64.0. The largest absolute Gasteiger partial charge is 0.472 e. The summed E-state index contributed by atoms with van der Waals surface area (Å²) in [5.74, 6) is 0.939. The van der Waals surface area contributed by atoms with E-state index in [1.165, 1.54) is 180 Å². The van der Waals surface area contributed by atoms with E-state index in [0.717, 1.165) is 114 Å². The number of aliphatic hydroxyl groups excluding tert-OH is 1. The third-order valence-electron chi connectivity index (χ3n) is 17.9. The van der Waals surface area contributed by atoms with Gasteiger partial charge in [0, 0.05) is 25.7 Å². The van der Waals surface area contributed by atoms with E-state index in [4.69, 9.17) is 37.0 Å². The van der Waals surface area contributed by atoms with Gasteiger partial charge in [0.2, 0.25) is 0 Å². The lowest BCUT2D eigenvalue weighted by atomic mass is 9.99. The first kappa shape index (κ1) is 93.1. The highest BCUT2D eigenvalue weighted by Crippen LogP contribution is 2.45. The average molecular weight is 1400 g/mol. The Morgan fingerprint density at radius 2 is 0.505 bits per heavy atom. The van der Waals surface area contributed by atoms with Gasteiger partial charge in [0.1, 0.15) is 19.3 Å². The summed E-state index contributed by atoms with van der Waals surface area (Å²) in [6.45, 7) is 14.2. The smallest absolute Gasteiger partial charge is 0.462 e. The van der Waals surface area contributed by atoms with Gasteiger partial charge in [-0.15, -0.1) is 0 Å². The van der Waals surface area contributed by atoms with Gasteiger partial charge in [0.25, 0.3) is 0 Å². The second kappa shape index (κ2) is 65.4. The normalized spacial score (nSPS) is 14.4. The van der Waals surface area contributed by atoms with Crippen LogP contribution in [0.1, 0.15) is 383 Å². The molecule has 0 aromatic rings. The van der Waals surface area contributed by atoms with Gasteiger partial charge >= 0.3 is 39.5 Å². The Labute approximate surface area is 581 Å². The van der Waals surface area contributed by atoms with Crippen LogP contribution in [0.3, 0.4) is 0 Å². The lowest BCUT2D eigenvalue weighted by Gasteiger charge is -2.21. The zero-order valence-electron chi connectivity index (χ0n) is 62.3. The minimum Gasteiger partial charge on any atom is -0.462 e. The van der Waals surface area contributed by atoms with Crippen molar-refractivity contribution in [1.82, 2.24) is 0 Å². The fourth-order valence-electron chi connectivity index (χ4n) is 11.5. The molecule has 0 aromatic heterocycles. The number of hydrogen-bond donors (Lipinski definition) is 3. The van der Waals surface area contributed by atoms with E-state index < -0.39 is 97.5 Å². The Hall–Kier alpha value is -1.94. The summed E-state index contributed by atoms with van der Waals surface area (Å²) in [7, 11) is -9.91. The second-order valence-electron chi connectivity index (χ2n) is 29.1. The number of esters is 4. The first-order valence-corrected chi connectivity index (χ1v) is 42.2. The molecule has 0 saturated carbocycles. The van der Waals surface area contributed by atoms with Crippen LogP contribution in [0.2, 0.25) is 0 Å². The molecule has 3 unspecified atom stereocenters. The number of aliphatic hydroxyl groups is 1. The summed E-state index contributed by atoms with van der Waals surface area (Å²) < 4.78 is 68.5. The van der Waals surface area contributed by atoms with Crippen molar-refractivity contribution < 1.29 is 80.2 Å². The first-order chi connectivity index (χ1) is 45.6. The highest BCUT2D eigenvalue weighted by atomic mass is 31.2. The summed E-state index contributed by atoms with van der Waals surface area (Å²) in [6, 6.07) is 0. The summed E-state index contributed by atoms with van der Waals surface area (Å²) in [5.41, 5.74) is 0. The van der Waals surface area contributed by atoms with Gasteiger partial charge in [-0.3, -0.25) is 37.3 Å². The lowest BCUT2D eigenvalue weighted by Crippen LogP contribution is -2.30. The number of carbonyl (C=O) groups excluding carboxylic acids is 4. The van der Waals surface area contributed by atoms with E-state index in [1.807, 2.05) is 0 Å². The number of ether oxygens (including phenoxy) is 4. The molecule has 0 spiro atoms. The van der Waals surface area contributed by atoms with Crippen molar-refractivity contribution in [3.63, 3.8) is 0 Å². The Morgan fingerprint density at radius 3 is 0.747 bits per heavy atom. The molecule has 6 atom stereocenters. The topological polar surface area (TPSA) is 237 Å². The van der Waals surface area contributed by atoms with Crippen molar-refractivity contribution in [3.8, 4) is 0 Å². The molecule has 17 nitrogen and oxygen atoms in total. The molecule has 0 saturated heterocycles. The van der Waals surface area contributed by atoms with Crippen molar-refractivity contribution in [1.29, 1.82) is 0 Å². The molecule has 0 bridgehead atoms. The highest BCUT2D eigenvalue weighted by molar-refractivity contribution is 7.47. The molecule has 0 heterocycles. The fourth-order valence-corrected chi connectivity index (χ4v) is 13.1. The molecule has 0 aromatic carbocycles. The van der Waals surface area contributed by atoms with Crippen LogP contribution < -0.4 is 0 Å². The van der Waals surface area contributed by atoms with Crippen molar-refractivity contribution in [3.05, 3.63) is 0 Å². The van der Waals surface area contributed by atoms with Gasteiger partial charge < -0.3 is 33.8 Å². The van der Waals surface area contributed by atoms with Crippen LogP contribution in [0.25, 0.3) is 0 Å². The molecule has 3 N–H and O–H groups in total. The molecule has 0 fully saturated rings. The Balaban J connectivity index is 5.24. The van der Waals surface area contributed by atoms with E-state index in [9.17, 15) is 43.2 Å². The summed E-state index contributed by atoms with van der Waals surface area (Å²) in [4.78, 5) is 72.8. The lowest BCUT2D eigenvalue weighted by molar-refractivity contribution is -0.161. The number of carbonyl (C=O) groups is 4. The molecule has 0 aliphatic rings. The van der Waals surface area contributed by atoms with Crippen molar-refractivity contribution in [2.75, 3.05) is 39.6 Å². The van der Waals surface area contributed by atoms with Gasteiger partial charge in [-0.05, 0) is 49.4 Å². The monoisotopic (exact) mass is 1400 g/mol. The Bertz CT molecular complexity index is 1870. The molecule has 0 rings (SSSR count). The summed E-state index contributed by atoms with van der Waals surface area (Å²) >= 11 is 0. The maximum atomic E-state index is 13.1. The van der Waals surface area contributed by atoms with E-state index in [0.29, 0.717) is 31.6 Å². The third-order valence-corrected chi connectivity index (χ3v) is 19.8. The maximum Gasteiger partial charge on any atom is 0.472 e. The molecule has 19 heteroatoms. The highest BCUT2D eigenvalue weighted by Gasteiger charge is 2.30. The van der Waals surface area contributed by atoms with Gasteiger partial charge in [-0.25, -0.2) is 9.13 Å². The quantitative estimate of drug-likeness (QED) is 0.0222. The number of rotatable bonds is 73. The van der Waals surface area contributed by atoms with E-state index in [-0.39, 0.29) is 25.7 Å². The van der Waals surface area contributed by atoms with Gasteiger partial charge in [-0.2, -0.15) is 0 Å². The van der Waals surface area contributed by atoms with Gasteiger partial charge in [0.05, 0.1) is 26.4 Å². The predicted molar refractivity (Wildman–Crippen MR) is 386 cm³/mol. The number of unbranched alkanes of at least 4 members (excludes halogenated alkanes) is 38. The predicted octanol–water partition coefficient (Wildman–Crippen LogP) is 22.0. The van der Waals surface area contributed by atoms with Crippen molar-refractivity contribution in [2.45, 2.75) is 401 Å². The number of phosphoric acid groups is 2. The SMILES string of the molecule is CCC(C)CCCCCCCCCCCCCCCCC(=O)O[C@H](COC(=O)CCCCCCCCCCCCCC(C)C)COP(=O)(O)OC[C@@H](O)COP(=O)(O)OC[C@@H](COC(=O)CCCCCCCCC(C)C)OC(=O)CCCCCCCCCCCCCC(C)C. The molecule has 0 aliphatic heterocycles. The molecule has 564 valence electrons.